The molecule has 2 aliphatic rings. The van der Waals surface area contributed by atoms with Gasteiger partial charge in [-0.1, -0.05) is 140 Å². The number of hydrogen-bond acceptors (Lipinski definition) is 3. The molecule has 0 amide bonds. The summed E-state index contributed by atoms with van der Waals surface area (Å²) < 4.78 is 11.7. The molecule has 1 aliphatic heterocycles. The lowest BCUT2D eigenvalue weighted by Crippen LogP contribution is -2.24. The van der Waals surface area contributed by atoms with Crippen LogP contribution in [-0.2, 0) is 0 Å². The van der Waals surface area contributed by atoms with E-state index in [-0.39, 0.29) is 12.0 Å². The Balaban J connectivity index is 1.12. The fourth-order valence-corrected chi connectivity index (χ4v) is 9.95. The van der Waals surface area contributed by atoms with Crippen molar-refractivity contribution < 1.29 is 4.74 Å². The number of ether oxygens (including phenoxy) is 1. The maximum absolute atomic E-state index is 6.97. The van der Waals surface area contributed by atoms with Gasteiger partial charge in [-0.3, -0.25) is 4.57 Å². The third-order valence-electron chi connectivity index (χ3n) is 12.7. The normalized spacial score (nSPS) is 15.5. The first kappa shape index (κ1) is 33.9. The van der Waals surface area contributed by atoms with Gasteiger partial charge < -0.3 is 9.30 Å². The van der Waals surface area contributed by atoms with Crippen molar-refractivity contribution in [2.75, 3.05) is 0 Å². The molecule has 0 radical (unpaired) electrons. The van der Waals surface area contributed by atoms with Gasteiger partial charge in [-0.2, -0.15) is 0 Å². The Hall–Kier alpha value is -8.02. The minimum Gasteiger partial charge on any atom is -0.485 e. The molecule has 0 saturated heterocycles. The molecule has 3 aromatic heterocycles. The van der Waals surface area contributed by atoms with Gasteiger partial charge in [-0.05, 0) is 89.0 Å². The molecule has 1 aliphatic carbocycles. The first-order chi connectivity index (χ1) is 30.3. The average Bonchev–Trinajstić information content (AvgIpc) is 3.84. The van der Waals surface area contributed by atoms with Crippen molar-refractivity contribution >= 4 is 54.6 Å². The molecule has 0 fully saturated rings. The van der Waals surface area contributed by atoms with Crippen LogP contribution in [0.15, 0.2) is 206 Å². The van der Waals surface area contributed by atoms with Crippen molar-refractivity contribution in [1.29, 1.82) is 0 Å². The molecule has 5 nitrogen and oxygen atoms in total. The third-order valence-corrected chi connectivity index (χ3v) is 12.7. The van der Waals surface area contributed by atoms with Gasteiger partial charge in [0, 0.05) is 44.3 Å². The Labute approximate surface area is 351 Å². The second-order valence-electron chi connectivity index (χ2n) is 16.0. The second kappa shape index (κ2) is 13.2. The van der Waals surface area contributed by atoms with E-state index >= 15 is 0 Å². The number of hydrogen-bond donors (Lipinski definition) is 0. The molecule has 2 atom stereocenters. The van der Waals surface area contributed by atoms with E-state index in [1.807, 2.05) is 12.1 Å². The summed E-state index contributed by atoms with van der Waals surface area (Å²) in [5.41, 5.74) is 14.9. The maximum Gasteiger partial charge on any atom is 0.165 e. The lowest BCUT2D eigenvalue weighted by molar-refractivity contribution is 0.233. The highest BCUT2D eigenvalue weighted by molar-refractivity contribution is 6.13. The van der Waals surface area contributed by atoms with E-state index in [2.05, 4.69) is 203 Å². The van der Waals surface area contributed by atoms with Crippen LogP contribution in [0.2, 0.25) is 0 Å². The van der Waals surface area contributed by atoms with E-state index in [0.29, 0.717) is 0 Å². The van der Waals surface area contributed by atoms with Crippen LogP contribution in [0, 0.1) is 0 Å². The number of aromatic nitrogens is 4. The second-order valence-corrected chi connectivity index (χ2v) is 16.0. The molecule has 2 unspecified atom stereocenters. The van der Waals surface area contributed by atoms with E-state index < -0.39 is 0 Å². The van der Waals surface area contributed by atoms with Gasteiger partial charge in [0.15, 0.2) is 5.82 Å². The van der Waals surface area contributed by atoms with Crippen molar-refractivity contribution in [3.63, 3.8) is 0 Å². The van der Waals surface area contributed by atoms with Crippen LogP contribution in [0.4, 0.5) is 0 Å². The van der Waals surface area contributed by atoms with Crippen LogP contribution < -0.4 is 4.74 Å². The summed E-state index contributed by atoms with van der Waals surface area (Å²) in [6.45, 7) is 0. The van der Waals surface area contributed by atoms with Crippen LogP contribution in [0.1, 0.15) is 11.5 Å². The summed E-state index contributed by atoms with van der Waals surface area (Å²) in [4.78, 5) is 11.0. The summed E-state index contributed by atoms with van der Waals surface area (Å²) in [5.74, 6) is 1.63. The number of rotatable bonds is 3. The van der Waals surface area contributed by atoms with Crippen LogP contribution in [0.25, 0.3) is 99.7 Å². The SMILES string of the molecule is C1=CC2Oc3ccccc3-c3ccccc3-c3cc4c5ccccc5n(-c5nc6ccccc6nc5-c5ccc6c7ccccc7n(-c7ccccc7)c6c5)c4cc3C2C=C1. The van der Waals surface area contributed by atoms with Gasteiger partial charge in [0.2, 0.25) is 0 Å². The average molecular weight is 781 g/mol. The van der Waals surface area contributed by atoms with Gasteiger partial charge in [0.25, 0.3) is 0 Å². The molecule has 13 rings (SSSR count). The Morgan fingerprint density at radius 3 is 1.85 bits per heavy atom. The predicted molar refractivity (Wildman–Crippen MR) is 250 cm³/mol. The third kappa shape index (κ3) is 5.14. The molecule has 0 N–H and O–H groups in total. The van der Waals surface area contributed by atoms with Crippen LogP contribution in [-0.4, -0.2) is 25.2 Å². The zero-order chi connectivity index (χ0) is 40.0. The summed E-state index contributed by atoms with van der Waals surface area (Å²) in [6.07, 6.45) is 8.55. The summed E-state index contributed by atoms with van der Waals surface area (Å²) in [7, 11) is 0. The van der Waals surface area contributed by atoms with E-state index in [0.717, 1.165) is 78.0 Å². The van der Waals surface area contributed by atoms with Crippen molar-refractivity contribution in [3.8, 4) is 50.8 Å². The van der Waals surface area contributed by atoms with Gasteiger partial charge in [-0.15, -0.1) is 0 Å². The first-order valence-corrected chi connectivity index (χ1v) is 20.9. The highest BCUT2D eigenvalue weighted by Gasteiger charge is 2.31. The summed E-state index contributed by atoms with van der Waals surface area (Å²) in [5, 5.41) is 4.72. The minimum absolute atomic E-state index is 0.0421. The molecule has 11 aromatic rings. The smallest absolute Gasteiger partial charge is 0.165 e. The van der Waals surface area contributed by atoms with Crippen LogP contribution >= 0.6 is 0 Å². The Morgan fingerprint density at radius 1 is 0.426 bits per heavy atom. The fraction of sp³-hybridized carbons (Fsp3) is 0.0357. The van der Waals surface area contributed by atoms with E-state index in [1.54, 1.807) is 0 Å². The molecular weight excluding hydrogens is 745 g/mol. The standard InChI is InChI=1S/C56H36N4O/c1-2-16-36(17-3-1)59-49-26-12-6-20-39(49)41-31-30-35(32-51(41)59)55-56(58-48-25-11-10-24-47(48)57-55)60-50-27-13-7-21-40(50)46-33-44-38-19-5-4-18-37(38)42-22-8-14-28-53(42)61-54-29-15-9-23-43(54)45(44)34-52(46)60/h1-34,43,54H. The highest BCUT2D eigenvalue weighted by atomic mass is 16.5. The van der Waals surface area contributed by atoms with Crippen molar-refractivity contribution in [1.82, 2.24) is 19.1 Å². The lowest BCUT2D eigenvalue weighted by atomic mass is 9.83. The lowest BCUT2D eigenvalue weighted by Gasteiger charge is -2.27. The molecule has 4 heterocycles. The predicted octanol–water partition coefficient (Wildman–Crippen LogP) is 13.8. The molecule has 0 spiro atoms. The molecule has 8 aromatic carbocycles. The summed E-state index contributed by atoms with van der Waals surface area (Å²) in [6, 6.07) is 65.0. The Morgan fingerprint density at radius 2 is 1.03 bits per heavy atom. The van der Waals surface area contributed by atoms with Crippen LogP contribution in [0.3, 0.4) is 0 Å². The zero-order valence-corrected chi connectivity index (χ0v) is 33.0. The van der Waals surface area contributed by atoms with Gasteiger partial charge >= 0.3 is 0 Å². The molecule has 0 bridgehead atoms. The van der Waals surface area contributed by atoms with Crippen LogP contribution in [0.5, 0.6) is 5.75 Å². The number of benzene rings is 8. The largest absolute Gasteiger partial charge is 0.485 e. The molecule has 61 heavy (non-hydrogen) atoms. The van der Waals surface area contributed by atoms with Crippen molar-refractivity contribution in [2.24, 2.45) is 0 Å². The van der Waals surface area contributed by atoms with E-state index in [4.69, 9.17) is 14.7 Å². The summed E-state index contributed by atoms with van der Waals surface area (Å²) >= 11 is 0. The quantitative estimate of drug-likeness (QED) is 0.179. The Bertz CT molecular complexity index is 3650. The molecule has 5 heteroatoms. The number of para-hydroxylation sites is 6. The maximum atomic E-state index is 6.97. The number of nitrogens with zero attached hydrogens (tertiary/aromatic N) is 4. The Kier molecular flexibility index (Phi) is 7.36. The van der Waals surface area contributed by atoms with Crippen molar-refractivity contribution in [2.45, 2.75) is 12.0 Å². The van der Waals surface area contributed by atoms with E-state index in [9.17, 15) is 0 Å². The monoisotopic (exact) mass is 780 g/mol. The fourth-order valence-electron chi connectivity index (χ4n) is 9.95. The topological polar surface area (TPSA) is 44.9 Å². The van der Waals surface area contributed by atoms with Gasteiger partial charge in [0.05, 0.1) is 33.1 Å². The highest BCUT2D eigenvalue weighted by Crippen LogP contribution is 2.48. The van der Waals surface area contributed by atoms with Crippen molar-refractivity contribution in [3.05, 3.63) is 212 Å². The first-order valence-electron chi connectivity index (χ1n) is 20.9. The van der Waals surface area contributed by atoms with Gasteiger partial charge in [-0.25, -0.2) is 9.97 Å². The number of fused-ring (bicyclic) bond motifs is 14. The number of allylic oxidation sites excluding steroid dienone is 2. The molecule has 0 saturated carbocycles. The molecule has 286 valence electrons. The molecular formula is C56H36N4O. The zero-order valence-electron chi connectivity index (χ0n) is 33.0. The van der Waals surface area contributed by atoms with E-state index in [1.165, 1.54) is 33.0 Å². The minimum atomic E-state index is -0.200. The van der Waals surface area contributed by atoms with Gasteiger partial charge in [0.1, 0.15) is 17.5 Å².